The summed E-state index contributed by atoms with van der Waals surface area (Å²) in [7, 11) is 0. The molecule has 1 heterocycles. The van der Waals surface area contributed by atoms with E-state index in [4.69, 9.17) is 4.74 Å². The van der Waals surface area contributed by atoms with Gasteiger partial charge in [0.05, 0.1) is 11.7 Å². The summed E-state index contributed by atoms with van der Waals surface area (Å²) in [6, 6.07) is 6.05. The monoisotopic (exact) mass is 374 g/mol. The summed E-state index contributed by atoms with van der Waals surface area (Å²) in [4.78, 5) is 24.4. The molecule has 27 heavy (non-hydrogen) atoms. The van der Waals surface area contributed by atoms with E-state index in [-0.39, 0.29) is 30.5 Å². The molecule has 1 aromatic carbocycles. The Balaban J connectivity index is 1.26. The van der Waals surface area contributed by atoms with Crippen LogP contribution in [0.5, 0.6) is 0 Å². The van der Waals surface area contributed by atoms with Gasteiger partial charge >= 0.3 is 0 Å². The first-order valence-electron chi connectivity index (χ1n) is 10.1. The first kappa shape index (κ1) is 18.4. The van der Waals surface area contributed by atoms with E-state index in [1.165, 1.54) is 37.8 Å². The van der Waals surface area contributed by atoms with Crippen LogP contribution < -0.4 is 10.6 Å². The van der Waals surface area contributed by atoms with Gasteiger partial charge in [0.2, 0.25) is 5.91 Å². The highest BCUT2D eigenvalue weighted by atomic mass is 19.1. The van der Waals surface area contributed by atoms with Crippen molar-refractivity contribution in [2.45, 2.75) is 50.7 Å². The highest BCUT2D eigenvalue weighted by molar-refractivity contribution is 5.94. The Kier molecular flexibility index (Phi) is 5.43. The number of hydrogen-bond donors (Lipinski definition) is 2. The normalized spacial score (nSPS) is 29.8. The second-order valence-corrected chi connectivity index (χ2v) is 7.99. The Morgan fingerprint density at radius 2 is 1.93 bits per heavy atom. The maximum atomic E-state index is 13.6. The van der Waals surface area contributed by atoms with Crippen molar-refractivity contribution in [3.8, 4) is 0 Å². The van der Waals surface area contributed by atoms with Crippen LogP contribution in [0, 0.1) is 23.6 Å². The zero-order chi connectivity index (χ0) is 18.8. The Morgan fingerprint density at radius 1 is 1.15 bits per heavy atom. The number of nitrogens with one attached hydrogen (secondary N) is 2. The predicted molar refractivity (Wildman–Crippen MR) is 98.6 cm³/mol. The summed E-state index contributed by atoms with van der Waals surface area (Å²) >= 11 is 0. The van der Waals surface area contributed by atoms with E-state index < -0.39 is 11.7 Å². The van der Waals surface area contributed by atoms with Gasteiger partial charge in [-0.3, -0.25) is 9.59 Å². The standard InChI is InChI=1S/C21H27FN2O3/c22-16-8-4-3-7-14(16)21(26)23-11-9-17(25)24-19-15-10-12-27-20(15)18(19)13-5-1-2-6-13/h3-4,7-8,13,15,18-20H,1-2,5-6,9-12H2,(H,23,26)(H,24,25)/t15-,18+,19-,20-/m1/s1. The van der Waals surface area contributed by atoms with Gasteiger partial charge in [0, 0.05) is 37.5 Å². The molecule has 3 fully saturated rings. The van der Waals surface area contributed by atoms with Crippen LogP contribution in [0.25, 0.3) is 0 Å². The number of carbonyl (C=O) groups excluding carboxylic acids is 2. The lowest BCUT2D eigenvalue weighted by Crippen LogP contribution is -2.63. The SMILES string of the molecule is O=C(CCNC(=O)c1ccccc1F)N[C@@H]1[C@H]2CCO[C@H]2[C@H]1C1CCCC1. The predicted octanol–water partition coefficient (Wildman–Crippen LogP) is 2.66. The van der Waals surface area contributed by atoms with Crippen molar-refractivity contribution in [3.05, 3.63) is 35.6 Å². The Labute approximate surface area is 159 Å². The quantitative estimate of drug-likeness (QED) is 0.804. The lowest BCUT2D eigenvalue weighted by Gasteiger charge is -2.50. The van der Waals surface area contributed by atoms with Gasteiger partial charge in [-0.1, -0.05) is 37.8 Å². The molecular formula is C21H27FN2O3. The van der Waals surface area contributed by atoms with E-state index in [0.29, 0.717) is 23.9 Å². The third kappa shape index (κ3) is 3.72. The maximum Gasteiger partial charge on any atom is 0.254 e. The number of ether oxygens (including phenoxy) is 1. The van der Waals surface area contributed by atoms with Gasteiger partial charge in [-0.05, 0) is 24.5 Å². The molecule has 1 aromatic rings. The summed E-state index contributed by atoms with van der Waals surface area (Å²) in [6.07, 6.45) is 6.57. The molecule has 2 aliphatic carbocycles. The second kappa shape index (κ2) is 7.97. The molecule has 0 radical (unpaired) electrons. The number of amides is 2. The van der Waals surface area contributed by atoms with E-state index >= 15 is 0 Å². The van der Waals surface area contributed by atoms with Crippen LogP contribution in [0.3, 0.4) is 0 Å². The second-order valence-electron chi connectivity index (χ2n) is 7.99. The largest absolute Gasteiger partial charge is 0.377 e. The molecule has 1 saturated heterocycles. The van der Waals surface area contributed by atoms with Crippen LogP contribution in [0.1, 0.15) is 48.9 Å². The smallest absolute Gasteiger partial charge is 0.254 e. The molecular weight excluding hydrogens is 347 g/mol. The molecule has 2 N–H and O–H groups in total. The van der Waals surface area contributed by atoms with E-state index in [2.05, 4.69) is 10.6 Å². The topological polar surface area (TPSA) is 67.4 Å². The highest BCUT2D eigenvalue weighted by Crippen LogP contribution is 2.51. The number of benzene rings is 1. The fourth-order valence-corrected chi connectivity index (χ4v) is 5.15. The summed E-state index contributed by atoms with van der Waals surface area (Å²) in [5.74, 6) is 0.445. The fourth-order valence-electron chi connectivity index (χ4n) is 5.15. The van der Waals surface area contributed by atoms with E-state index in [0.717, 1.165) is 13.0 Å². The van der Waals surface area contributed by atoms with Gasteiger partial charge in [0.15, 0.2) is 0 Å². The lowest BCUT2D eigenvalue weighted by molar-refractivity contribution is -0.129. The molecule has 4 atom stereocenters. The summed E-state index contributed by atoms with van der Waals surface area (Å²) in [5.41, 5.74) is 0.00384. The van der Waals surface area contributed by atoms with Crippen LogP contribution in [-0.2, 0) is 9.53 Å². The number of halogens is 1. The average Bonchev–Trinajstić information content (AvgIpc) is 3.31. The van der Waals surface area contributed by atoms with Crippen LogP contribution in [0.4, 0.5) is 4.39 Å². The molecule has 2 saturated carbocycles. The van der Waals surface area contributed by atoms with Crippen LogP contribution in [0.2, 0.25) is 0 Å². The van der Waals surface area contributed by atoms with Gasteiger partial charge in [-0.2, -0.15) is 0 Å². The van der Waals surface area contributed by atoms with Crippen LogP contribution in [-0.4, -0.2) is 37.1 Å². The third-order valence-corrected chi connectivity index (χ3v) is 6.47. The third-order valence-electron chi connectivity index (χ3n) is 6.47. The maximum absolute atomic E-state index is 13.6. The Morgan fingerprint density at radius 3 is 2.70 bits per heavy atom. The van der Waals surface area contributed by atoms with Crippen molar-refractivity contribution in [3.63, 3.8) is 0 Å². The highest BCUT2D eigenvalue weighted by Gasteiger charge is 2.56. The molecule has 0 spiro atoms. The molecule has 0 unspecified atom stereocenters. The lowest BCUT2D eigenvalue weighted by atomic mass is 9.61. The van der Waals surface area contributed by atoms with Gasteiger partial charge in [-0.25, -0.2) is 4.39 Å². The van der Waals surface area contributed by atoms with Crippen molar-refractivity contribution >= 4 is 11.8 Å². The van der Waals surface area contributed by atoms with Crippen molar-refractivity contribution in [1.29, 1.82) is 0 Å². The molecule has 6 heteroatoms. The number of fused-ring (bicyclic) bond motifs is 1. The molecule has 5 nitrogen and oxygen atoms in total. The minimum atomic E-state index is -0.555. The molecule has 0 aromatic heterocycles. The van der Waals surface area contributed by atoms with Gasteiger partial charge in [0.1, 0.15) is 5.82 Å². The number of hydrogen-bond acceptors (Lipinski definition) is 3. The van der Waals surface area contributed by atoms with Crippen molar-refractivity contribution in [2.75, 3.05) is 13.2 Å². The van der Waals surface area contributed by atoms with E-state index in [9.17, 15) is 14.0 Å². The molecule has 1 aliphatic heterocycles. The van der Waals surface area contributed by atoms with E-state index in [1.54, 1.807) is 12.1 Å². The van der Waals surface area contributed by atoms with Crippen LogP contribution >= 0.6 is 0 Å². The average molecular weight is 374 g/mol. The Bertz CT molecular complexity index is 700. The van der Waals surface area contributed by atoms with Crippen molar-refractivity contribution < 1.29 is 18.7 Å². The minimum absolute atomic E-state index is 0.00384. The zero-order valence-electron chi connectivity index (χ0n) is 15.5. The molecule has 3 aliphatic rings. The van der Waals surface area contributed by atoms with Crippen molar-refractivity contribution in [2.24, 2.45) is 17.8 Å². The number of carbonyl (C=O) groups is 2. The first-order chi connectivity index (χ1) is 13.1. The molecule has 146 valence electrons. The summed E-state index contributed by atoms with van der Waals surface area (Å²) < 4.78 is 19.5. The number of rotatable bonds is 6. The van der Waals surface area contributed by atoms with Crippen LogP contribution in [0.15, 0.2) is 24.3 Å². The minimum Gasteiger partial charge on any atom is -0.377 e. The Hall–Kier alpha value is -1.95. The summed E-state index contributed by atoms with van der Waals surface area (Å²) in [5, 5.41) is 5.82. The molecule has 4 rings (SSSR count). The van der Waals surface area contributed by atoms with Gasteiger partial charge in [-0.15, -0.1) is 0 Å². The molecule has 0 bridgehead atoms. The van der Waals surface area contributed by atoms with E-state index in [1.807, 2.05) is 0 Å². The first-order valence-corrected chi connectivity index (χ1v) is 10.1. The fraction of sp³-hybridized carbons (Fsp3) is 0.619. The zero-order valence-corrected chi connectivity index (χ0v) is 15.5. The molecule has 2 amide bonds. The van der Waals surface area contributed by atoms with Gasteiger partial charge < -0.3 is 15.4 Å². The van der Waals surface area contributed by atoms with Crippen molar-refractivity contribution in [1.82, 2.24) is 10.6 Å². The van der Waals surface area contributed by atoms with Gasteiger partial charge in [0.25, 0.3) is 5.91 Å². The summed E-state index contributed by atoms with van der Waals surface area (Å²) in [6.45, 7) is 0.994.